The molecule has 4 aromatic rings. The van der Waals surface area contributed by atoms with Crippen LogP contribution in [0, 0.1) is 25.2 Å². The number of nitrogens with zero attached hydrogens (tertiary/aromatic N) is 3. The highest BCUT2D eigenvalue weighted by Crippen LogP contribution is 2.31. The van der Waals surface area contributed by atoms with Gasteiger partial charge >= 0.3 is 0 Å². The summed E-state index contributed by atoms with van der Waals surface area (Å²) in [5.41, 5.74) is 5.82. The van der Waals surface area contributed by atoms with Crippen LogP contribution >= 0.6 is 11.3 Å². The Hall–Kier alpha value is -3.23. The average Bonchev–Trinajstić information content (AvgIpc) is 3.11. The van der Waals surface area contributed by atoms with E-state index in [1.165, 1.54) is 22.5 Å². The van der Waals surface area contributed by atoms with Crippen molar-refractivity contribution in [3.05, 3.63) is 86.8 Å². The molecule has 0 saturated carbocycles. The number of rotatable bonds is 3. The molecule has 0 aliphatic carbocycles. The van der Waals surface area contributed by atoms with E-state index in [1.807, 2.05) is 17.5 Å². The molecule has 27 heavy (non-hydrogen) atoms. The van der Waals surface area contributed by atoms with Crippen LogP contribution in [0.1, 0.15) is 22.3 Å². The number of aryl methyl sites for hydroxylation is 2. The zero-order valence-electron chi connectivity index (χ0n) is 15.1. The molecule has 0 amide bonds. The lowest BCUT2D eigenvalue weighted by atomic mass is 10.0. The van der Waals surface area contributed by atoms with Crippen LogP contribution in [0.5, 0.6) is 0 Å². The minimum atomic E-state index is -0.0585. The van der Waals surface area contributed by atoms with Crippen molar-refractivity contribution in [3.8, 4) is 17.2 Å². The Morgan fingerprint density at radius 3 is 2.78 bits per heavy atom. The third-order valence-corrected chi connectivity index (χ3v) is 5.67. The Kier molecular flexibility index (Phi) is 4.35. The van der Waals surface area contributed by atoms with E-state index in [9.17, 15) is 4.79 Å². The molecule has 0 aliphatic heterocycles. The standard InChI is InChI=1S/C22H17N3OS/c1-14-6-7-18(8-15(14)2)19-12-27-21-20(19)22(26)25(13-24-21)11-17-5-3-4-16(9-17)10-23/h3-9,12-13H,11H2,1-2H3. The summed E-state index contributed by atoms with van der Waals surface area (Å²) >= 11 is 1.49. The monoisotopic (exact) mass is 371 g/mol. The molecule has 4 rings (SSSR count). The van der Waals surface area contributed by atoms with Crippen molar-refractivity contribution in [3.63, 3.8) is 0 Å². The molecule has 2 heterocycles. The normalized spacial score (nSPS) is 10.9. The summed E-state index contributed by atoms with van der Waals surface area (Å²) < 4.78 is 1.61. The van der Waals surface area contributed by atoms with Crippen molar-refractivity contribution in [1.82, 2.24) is 9.55 Å². The van der Waals surface area contributed by atoms with Gasteiger partial charge < -0.3 is 0 Å². The fraction of sp³-hybridized carbons (Fsp3) is 0.136. The maximum atomic E-state index is 13.2. The maximum Gasteiger partial charge on any atom is 0.263 e. The second-order valence-electron chi connectivity index (χ2n) is 6.62. The van der Waals surface area contributed by atoms with Crippen LogP contribution < -0.4 is 5.56 Å². The van der Waals surface area contributed by atoms with Gasteiger partial charge in [0.25, 0.3) is 5.56 Å². The lowest BCUT2D eigenvalue weighted by Gasteiger charge is -2.08. The second-order valence-corrected chi connectivity index (χ2v) is 7.48. The first-order valence-corrected chi connectivity index (χ1v) is 9.48. The van der Waals surface area contributed by atoms with E-state index >= 15 is 0 Å². The molecule has 2 aromatic heterocycles. The van der Waals surface area contributed by atoms with Gasteiger partial charge in [-0.2, -0.15) is 5.26 Å². The Morgan fingerprint density at radius 1 is 1.15 bits per heavy atom. The van der Waals surface area contributed by atoms with Crippen LogP contribution in [-0.2, 0) is 6.54 Å². The summed E-state index contributed by atoms with van der Waals surface area (Å²) in [6, 6.07) is 15.7. The van der Waals surface area contributed by atoms with Gasteiger partial charge in [-0.05, 0) is 48.2 Å². The smallest absolute Gasteiger partial charge is 0.263 e. The summed E-state index contributed by atoms with van der Waals surface area (Å²) in [6.45, 7) is 4.54. The van der Waals surface area contributed by atoms with Gasteiger partial charge in [0.2, 0.25) is 0 Å². The summed E-state index contributed by atoms with van der Waals surface area (Å²) in [5, 5.41) is 11.7. The van der Waals surface area contributed by atoms with Gasteiger partial charge in [-0.1, -0.05) is 30.3 Å². The Morgan fingerprint density at radius 2 is 2.00 bits per heavy atom. The van der Waals surface area contributed by atoms with Crippen LogP contribution in [0.3, 0.4) is 0 Å². The van der Waals surface area contributed by atoms with Crippen LogP contribution in [0.4, 0.5) is 0 Å². The van der Waals surface area contributed by atoms with Gasteiger partial charge in [-0.25, -0.2) is 4.98 Å². The van der Waals surface area contributed by atoms with Crippen LogP contribution in [0.15, 0.2) is 59.0 Å². The van der Waals surface area contributed by atoms with Gasteiger partial charge in [0, 0.05) is 10.9 Å². The van der Waals surface area contributed by atoms with Crippen molar-refractivity contribution in [2.45, 2.75) is 20.4 Å². The van der Waals surface area contributed by atoms with Crippen molar-refractivity contribution >= 4 is 21.6 Å². The summed E-state index contributed by atoms with van der Waals surface area (Å²) in [7, 11) is 0. The molecule has 4 nitrogen and oxygen atoms in total. The molecule has 0 bridgehead atoms. The zero-order chi connectivity index (χ0) is 19.0. The molecule has 0 spiro atoms. The molecular weight excluding hydrogens is 354 g/mol. The minimum Gasteiger partial charge on any atom is -0.294 e. The summed E-state index contributed by atoms with van der Waals surface area (Å²) in [4.78, 5) is 18.4. The first kappa shape index (κ1) is 17.2. The fourth-order valence-corrected chi connectivity index (χ4v) is 4.04. The van der Waals surface area contributed by atoms with Crippen LogP contribution in [-0.4, -0.2) is 9.55 Å². The molecule has 0 N–H and O–H groups in total. The molecular formula is C22H17N3OS. The van der Waals surface area contributed by atoms with Crippen molar-refractivity contribution in [2.24, 2.45) is 0 Å². The lowest BCUT2D eigenvalue weighted by molar-refractivity contribution is 0.749. The highest BCUT2D eigenvalue weighted by Gasteiger charge is 2.14. The quantitative estimate of drug-likeness (QED) is 0.526. The zero-order valence-corrected chi connectivity index (χ0v) is 15.9. The number of hydrogen-bond acceptors (Lipinski definition) is 4. The second kappa shape index (κ2) is 6.82. The van der Waals surface area contributed by atoms with Gasteiger partial charge in [-0.15, -0.1) is 11.3 Å². The number of thiophene rings is 1. The summed E-state index contributed by atoms with van der Waals surface area (Å²) in [6.07, 6.45) is 1.59. The molecule has 0 aliphatic rings. The van der Waals surface area contributed by atoms with Gasteiger partial charge in [0.05, 0.1) is 29.9 Å². The number of hydrogen-bond donors (Lipinski definition) is 0. The molecule has 2 aromatic carbocycles. The first-order chi connectivity index (χ1) is 13.1. The van der Waals surface area contributed by atoms with Crippen molar-refractivity contribution in [2.75, 3.05) is 0 Å². The number of fused-ring (bicyclic) bond motifs is 1. The van der Waals surface area contributed by atoms with E-state index in [0.29, 0.717) is 17.5 Å². The first-order valence-electron chi connectivity index (χ1n) is 8.60. The number of benzene rings is 2. The van der Waals surface area contributed by atoms with Crippen molar-refractivity contribution < 1.29 is 0 Å². The third kappa shape index (κ3) is 3.16. The Bertz CT molecular complexity index is 1260. The van der Waals surface area contributed by atoms with E-state index in [1.54, 1.807) is 23.0 Å². The predicted molar refractivity (Wildman–Crippen MR) is 109 cm³/mol. The molecule has 0 radical (unpaired) electrons. The lowest BCUT2D eigenvalue weighted by Crippen LogP contribution is -2.21. The van der Waals surface area contributed by atoms with E-state index in [0.717, 1.165) is 21.5 Å². The molecule has 0 fully saturated rings. The van der Waals surface area contributed by atoms with E-state index < -0.39 is 0 Å². The van der Waals surface area contributed by atoms with E-state index in [4.69, 9.17) is 5.26 Å². The average molecular weight is 371 g/mol. The van der Waals surface area contributed by atoms with E-state index in [2.05, 4.69) is 43.1 Å². The van der Waals surface area contributed by atoms with Gasteiger partial charge in [0.15, 0.2) is 0 Å². The molecule has 0 unspecified atom stereocenters. The highest BCUT2D eigenvalue weighted by atomic mass is 32.1. The third-order valence-electron chi connectivity index (χ3n) is 4.79. The van der Waals surface area contributed by atoms with Gasteiger partial charge in [0.1, 0.15) is 4.83 Å². The molecule has 132 valence electrons. The fourth-order valence-electron chi connectivity index (χ4n) is 3.14. The topological polar surface area (TPSA) is 58.7 Å². The summed E-state index contributed by atoms with van der Waals surface area (Å²) in [5.74, 6) is 0. The minimum absolute atomic E-state index is 0.0585. The predicted octanol–water partition coefficient (Wildman–Crippen LogP) is 4.66. The van der Waals surface area contributed by atoms with Crippen LogP contribution in [0.25, 0.3) is 21.3 Å². The SMILES string of the molecule is Cc1ccc(-c2csc3ncn(Cc4cccc(C#N)c4)c(=O)c23)cc1C. The van der Waals surface area contributed by atoms with Gasteiger partial charge in [-0.3, -0.25) is 9.36 Å². The molecule has 5 heteroatoms. The maximum absolute atomic E-state index is 13.2. The van der Waals surface area contributed by atoms with Crippen molar-refractivity contribution in [1.29, 1.82) is 5.26 Å². The number of nitriles is 1. The highest BCUT2D eigenvalue weighted by molar-refractivity contribution is 7.17. The Balaban J connectivity index is 1.83. The Labute approximate surface area is 161 Å². The molecule has 0 saturated heterocycles. The number of aromatic nitrogens is 2. The van der Waals surface area contributed by atoms with Crippen LogP contribution in [0.2, 0.25) is 0 Å². The van der Waals surface area contributed by atoms with E-state index in [-0.39, 0.29) is 5.56 Å². The largest absolute Gasteiger partial charge is 0.294 e. The molecule has 0 atom stereocenters.